The van der Waals surface area contributed by atoms with Crippen molar-refractivity contribution in [3.05, 3.63) is 94.3 Å². The molecule has 35 heavy (non-hydrogen) atoms. The van der Waals surface area contributed by atoms with Crippen LogP contribution in [0.4, 0.5) is 0 Å². The van der Waals surface area contributed by atoms with Crippen LogP contribution < -0.4 is 0 Å². The van der Waals surface area contributed by atoms with E-state index in [1.165, 1.54) is 22.3 Å². The van der Waals surface area contributed by atoms with E-state index in [1.54, 1.807) is 6.08 Å². The zero-order valence-corrected chi connectivity index (χ0v) is 21.1. The molecule has 3 aromatic rings. The predicted molar refractivity (Wildman–Crippen MR) is 145 cm³/mol. The van der Waals surface area contributed by atoms with Gasteiger partial charge in [0.15, 0.2) is 5.84 Å². The molecular formula is C28H27N5OS. The molecule has 5 rings (SSSR count). The van der Waals surface area contributed by atoms with Crippen LogP contribution in [0, 0.1) is 19.3 Å². The van der Waals surface area contributed by atoms with Gasteiger partial charge in [0.05, 0.1) is 5.57 Å². The Morgan fingerprint density at radius 1 is 1.09 bits per heavy atom. The number of fused-ring (bicyclic) bond motifs is 1. The Bertz CT molecular complexity index is 1410. The number of nitrogens with zero attached hydrogens (tertiary/aromatic N) is 4. The Balaban J connectivity index is 1.47. The Hall–Kier alpha value is -3.71. The van der Waals surface area contributed by atoms with Crippen molar-refractivity contribution in [1.82, 2.24) is 9.58 Å². The molecule has 1 amide bonds. The number of aliphatic imine (C=N–C) groups is 1. The van der Waals surface area contributed by atoms with E-state index in [4.69, 9.17) is 5.41 Å². The Morgan fingerprint density at radius 3 is 2.49 bits per heavy atom. The minimum absolute atomic E-state index is 0.0427. The summed E-state index contributed by atoms with van der Waals surface area (Å²) in [6, 6.07) is 20.4. The first-order chi connectivity index (χ1) is 16.9. The molecule has 2 aliphatic heterocycles. The normalized spacial score (nSPS) is 17.5. The summed E-state index contributed by atoms with van der Waals surface area (Å²) in [7, 11) is 0. The third kappa shape index (κ3) is 4.17. The van der Waals surface area contributed by atoms with Crippen molar-refractivity contribution >= 4 is 39.8 Å². The lowest BCUT2D eigenvalue weighted by atomic mass is 9.98. The number of rotatable bonds is 5. The van der Waals surface area contributed by atoms with Crippen LogP contribution in [-0.4, -0.2) is 31.5 Å². The van der Waals surface area contributed by atoms with Crippen LogP contribution in [0.25, 0.3) is 11.8 Å². The average molecular weight is 482 g/mol. The van der Waals surface area contributed by atoms with Crippen molar-refractivity contribution in [2.45, 2.75) is 40.0 Å². The summed E-state index contributed by atoms with van der Waals surface area (Å²) >= 11 is 1.31. The minimum Gasteiger partial charge on any atom is -0.318 e. The number of carbonyl (C=O) groups excluding carboxylic acids is 1. The number of amidine groups is 2. The summed E-state index contributed by atoms with van der Waals surface area (Å²) in [5.74, 6) is 0.154. The fraction of sp³-hybridized carbons (Fsp3) is 0.214. The highest BCUT2D eigenvalue weighted by atomic mass is 32.2. The van der Waals surface area contributed by atoms with Crippen LogP contribution in [0.5, 0.6) is 0 Å². The fourth-order valence-corrected chi connectivity index (χ4v) is 5.26. The van der Waals surface area contributed by atoms with Crippen LogP contribution >= 0.6 is 11.8 Å². The fourth-order valence-electron chi connectivity index (χ4n) is 4.36. The van der Waals surface area contributed by atoms with Gasteiger partial charge in [0, 0.05) is 22.6 Å². The molecule has 1 N–H and O–H groups in total. The van der Waals surface area contributed by atoms with Crippen molar-refractivity contribution < 1.29 is 4.79 Å². The van der Waals surface area contributed by atoms with E-state index in [2.05, 4.69) is 59.7 Å². The van der Waals surface area contributed by atoms with Gasteiger partial charge in [-0.15, -0.1) is 0 Å². The molecule has 0 saturated heterocycles. The van der Waals surface area contributed by atoms with Gasteiger partial charge in [0.25, 0.3) is 5.91 Å². The summed E-state index contributed by atoms with van der Waals surface area (Å²) in [5.41, 5.74) is 6.53. The van der Waals surface area contributed by atoms with Gasteiger partial charge in [0.1, 0.15) is 5.04 Å². The van der Waals surface area contributed by atoms with E-state index < -0.39 is 5.91 Å². The second kappa shape index (κ2) is 9.15. The average Bonchev–Trinajstić information content (AvgIpc) is 3.42. The number of carbonyl (C=O) groups is 1. The van der Waals surface area contributed by atoms with E-state index in [0.717, 1.165) is 39.7 Å². The first-order valence-electron chi connectivity index (χ1n) is 11.7. The Morgan fingerprint density at radius 2 is 1.80 bits per heavy atom. The molecule has 176 valence electrons. The first-order valence-corrected chi connectivity index (χ1v) is 12.5. The van der Waals surface area contributed by atoms with Crippen molar-refractivity contribution in [3.8, 4) is 5.69 Å². The number of aryl methyl sites for hydroxylation is 1. The highest BCUT2D eigenvalue weighted by Gasteiger charge is 2.36. The van der Waals surface area contributed by atoms with Gasteiger partial charge in [-0.2, -0.15) is 15.1 Å². The van der Waals surface area contributed by atoms with Gasteiger partial charge in [-0.3, -0.25) is 10.2 Å². The molecule has 2 aliphatic rings. The van der Waals surface area contributed by atoms with Gasteiger partial charge >= 0.3 is 0 Å². The molecule has 0 saturated carbocycles. The molecule has 0 bridgehead atoms. The maximum Gasteiger partial charge on any atom is 0.283 e. The molecule has 2 aromatic carbocycles. The summed E-state index contributed by atoms with van der Waals surface area (Å²) < 4.78 is 2.18. The minimum atomic E-state index is -0.416. The first kappa shape index (κ1) is 23.1. The van der Waals surface area contributed by atoms with E-state index in [1.807, 2.05) is 43.3 Å². The number of nitrogens with one attached hydrogen (secondary N) is 1. The third-order valence-electron chi connectivity index (χ3n) is 6.58. The summed E-state index contributed by atoms with van der Waals surface area (Å²) in [5, 5.41) is 15.9. The topological polar surface area (TPSA) is 73.8 Å². The quantitative estimate of drug-likeness (QED) is 0.436. The molecular weight excluding hydrogens is 454 g/mol. The second-order valence-electron chi connectivity index (χ2n) is 8.85. The number of hydrazone groups is 1. The summed E-state index contributed by atoms with van der Waals surface area (Å²) in [4.78, 5) is 17.1. The predicted octanol–water partition coefficient (Wildman–Crippen LogP) is 6.28. The lowest BCUT2D eigenvalue weighted by molar-refractivity contribution is -0.114. The van der Waals surface area contributed by atoms with Crippen LogP contribution in [0.1, 0.15) is 54.3 Å². The SMILES string of the molecule is CCC(C)c1ccc(-n2c(C)cc(/C=C3\C(=N)N4N=C(c5ccccc5)SC4=NC3=O)c2C)cc1. The van der Waals surface area contributed by atoms with Gasteiger partial charge < -0.3 is 4.57 Å². The smallest absolute Gasteiger partial charge is 0.283 e. The van der Waals surface area contributed by atoms with E-state index in [0.29, 0.717) is 11.1 Å². The lowest BCUT2D eigenvalue weighted by Gasteiger charge is -2.20. The van der Waals surface area contributed by atoms with Gasteiger partial charge in [-0.1, -0.05) is 56.3 Å². The molecule has 1 aromatic heterocycles. The molecule has 0 spiro atoms. The van der Waals surface area contributed by atoms with Gasteiger partial charge in [-0.05, 0) is 73.4 Å². The Kier molecular flexibility index (Phi) is 6.03. The summed E-state index contributed by atoms with van der Waals surface area (Å²) in [6.07, 6.45) is 2.87. The van der Waals surface area contributed by atoms with Crippen LogP contribution in [-0.2, 0) is 4.79 Å². The van der Waals surface area contributed by atoms with Crippen molar-refractivity contribution in [2.24, 2.45) is 10.1 Å². The Labute approximate surface area is 209 Å². The maximum atomic E-state index is 12.9. The van der Waals surface area contributed by atoms with Crippen molar-refractivity contribution in [3.63, 3.8) is 0 Å². The lowest BCUT2D eigenvalue weighted by Crippen LogP contribution is -2.35. The number of amides is 1. The van der Waals surface area contributed by atoms with E-state index >= 15 is 0 Å². The number of benzene rings is 2. The molecule has 3 heterocycles. The van der Waals surface area contributed by atoms with Crippen LogP contribution in [0.3, 0.4) is 0 Å². The van der Waals surface area contributed by atoms with Crippen LogP contribution in [0.2, 0.25) is 0 Å². The number of hydrogen-bond donors (Lipinski definition) is 1. The van der Waals surface area contributed by atoms with Crippen molar-refractivity contribution in [1.29, 1.82) is 5.41 Å². The molecule has 1 atom stereocenters. The second-order valence-corrected chi connectivity index (χ2v) is 9.81. The number of thioether (sulfide) groups is 1. The van der Waals surface area contributed by atoms with E-state index in [9.17, 15) is 4.79 Å². The highest BCUT2D eigenvalue weighted by Crippen LogP contribution is 2.32. The zero-order chi connectivity index (χ0) is 24.7. The summed E-state index contributed by atoms with van der Waals surface area (Å²) in [6.45, 7) is 8.52. The zero-order valence-electron chi connectivity index (χ0n) is 20.2. The molecule has 1 unspecified atom stereocenters. The maximum absolute atomic E-state index is 12.9. The standard InChI is InChI=1S/C28H27N5OS/c1-5-17(2)20-11-13-23(14-12-20)32-18(3)15-22(19(32)4)16-24-25(29)33-28(30-26(24)34)35-27(31-33)21-9-7-6-8-10-21/h6-17,29H,5H2,1-4H3/b24-16+,29-25?. The largest absolute Gasteiger partial charge is 0.318 e. The molecule has 0 aliphatic carbocycles. The third-order valence-corrected chi connectivity index (χ3v) is 7.54. The van der Waals surface area contributed by atoms with Gasteiger partial charge in [0.2, 0.25) is 5.17 Å². The molecule has 6 nitrogen and oxygen atoms in total. The number of aromatic nitrogens is 1. The van der Waals surface area contributed by atoms with Gasteiger partial charge in [-0.25, -0.2) is 0 Å². The number of hydrogen-bond acceptors (Lipinski definition) is 4. The van der Waals surface area contributed by atoms with Crippen molar-refractivity contribution in [2.75, 3.05) is 0 Å². The monoisotopic (exact) mass is 481 g/mol. The molecule has 7 heteroatoms. The highest BCUT2D eigenvalue weighted by molar-refractivity contribution is 8.27. The van der Waals surface area contributed by atoms with Crippen LogP contribution in [0.15, 0.2) is 76.3 Å². The van der Waals surface area contributed by atoms with E-state index in [-0.39, 0.29) is 11.4 Å². The molecule has 0 radical (unpaired) electrons. The molecule has 0 fully saturated rings.